The van der Waals surface area contributed by atoms with Gasteiger partial charge in [0.2, 0.25) is 5.88 Å². The lowest BCUT2D eigenvalue weighted by Crippen LogP contribution is -2.01. The van der Waals surface area contributed by atoms with Crippen molar-refractivity contribution in [3.63, 3.8) is 0 Å². The molecule has 0 spiro atoms. The first-order valence-electron chi connectivity index (χ1n) is 5.40. The number of nitrogens with zero attached hydrogens (tertiary/aromatic N) is 1. The molecule has 0 saturated heterocycles. The van der Waals surface area contributed by atoms with E-state index in [1.54, 1.807) is 31.4 Å². The second-order valence-electron chi connectivity index (χ2n) is 3.56. The summed E-state index contributed by atoms with van der Waals surface area (Å²) in [6.45, 7) is 0.276. The Balaban J connectivity index is 2.17. The van der Waals surface area contributed by atoms with Gasteiger partial charge in [-0.05, 0) is 30.3 Å². The van der Waals surface area contributed by atoms with Crippen LogP contribution in [0.3, 0.4) is 0 Å². The Hall–Kier alpha value is -1.78. The van der Waals surface area contributed by atoms with Gasteiger partial charge in [0, 0.05) is 12.6 Å². The van der Waals surface area contributed by atoms with Gasteiger partial charge in [0.15, 0.2) is 0 Å². The highest BCUT2D eigenvalue weighted by Gasteiger charge is 2.04. The Morgan fingerprint density at radius 3 is 2.39 bits per heavy atom. The molecule has 0 fully saturated rings. The average molecular weight is 265 g/mol. The van der Waals surface area contributed by atoms with Gasteiger partial charge in [-0.15, -0.1) is 0 Å². The molecular weight excluding hydrogens is 252 g/mol. The molecule has 0 bridgehead atoms. The van der Waals surface area contributed by atoms with Gasteiger partial charge in [0.1, 0.15) is 11.5 Å². The number of ether oxygens (including phenoxy) is 2. The monoisotopic (exact) mass is 264 g/mol. The highest BCUT2D eigenvalue weighted by atomic mass is 35.5. The van der Waals surface area contributed by atoms with Crippen LogP contribution in [0.25, 0.3) is 0 Å². The summed E-state index contributed by atoms with van der Waals surface area (Å²) in [5, 5.41) is 0.541. The van der Waals surface area contributed by atoms with Gasteiger partial charge >= 0.3 is 0 Å². The first-order chi connectivity index (χ1) is 8.72. The van der Waals surface area contributed by atoms with E-state index < -0.39 is 0 Å². The summed E-state index contributed by atoms with van der Waals surface area (Å²) in [6.07, 6.45) is 0. The molecule has 94 valence electrons. The van der Waals surface area contributed by atoms with E-state index in [4.69, 9.17) is 26.8 Å². The van der Waals surface area contributed by atoms with E-state index in [1.165, 1.54) is 0 Å². The topological polar surface area (TPSA) is 57.4 Å². The Kier molecular flexibility index (Phi) is 4.02. The molecule has 0 aliphatic rings. The normalized spacial score (nSPS) is 10.2. The van der Waals surface area contributed by atoms with Crippen molar-refractivity contribution in [2.45, 2.75) is 6.54 Å². The number of hydrogen-bond acceptors (Lipinski definition) is 4. The molecule has 0 radical (unpaired) electrons. The second kappa shape index (κ2) is 5.71. The molecule has 1 aromatic heterocycles. The second-order valence-corrected chi connectivity index (χ2v) is 3.97. The van der Waals surface area contributed by atoms with Crippen molar-refractivity contribution in [3.05, 3.63) is 47.1 Å². The van der Waals surface area contributed by atoms with Crippen LogP contribution in [-0.2, 0) is 6.54 Å². The van der Waals surface area contributed by atoms with Crippen molar-refractivity contribution >= 4 is 11.6 Å². The maximum absolute atomic E-state index is 5.92. The average Bonchev–Trinajstić information content (AvgIpc) is 2.42. The molecular formula is C13H13ClN2O2. The minimum atomic E-state index is 0.276. The van der Waals surface area contributed by atoms with Crippen LogP contribution < -0.4 is 15.2 Å². The van der Waals surface area contributed by atoms with E-state index >= 15 is 0 Å². The maximum atomic E-state index is 5.92. The number of benzene rings is 1. The molecule has 1 heterocycles. The summed E-state index contributed by atoms with van der Waals surface area (Å²) in [5.74, 6) is 1.91. The third kappa shape index (κ3) is 2.91. The standard InChI is InChI=1S/C13H13ClN2O2/c1-17-9-2-4-10(5-3-9)18-13-7-6-11(14)12(8-15)16-13/h2-7H,8,15H2,1H3. The quantitative estimate of drug-likeness (QED) is 0.922. The van der Waals surface area contributed by atoms with Gasteiger partial charge in [0.05, 0.1) is 17.8 Å². The number of hydrogen-bond donors (Lipinski definition) is 1. The molecule has 0 aliphatic carbocycles. The van der Waals surface area contributed by atoms with Crippen LogP contribution in [0.5, 0.6) is 17.4 Å². The first-order valence-corrected chi connectivity index (χ1v) is 5.78. The Labute approximate surface area is 110 Å². The van der Waals surface area contributed by atoms with E-state index in [0.717, 1.165) is 5.75 Å². The summed E-state index contributed by atoms with van der Waals surface area (Å²) >= 11 is 5.92. The van der Waals surface area contributed by atoms with Crippen LogP contribution in [0.15, 0.2) is 36.4 Å². The highest BCUT2D eigenvalue weighted by molar-refractivity contribution is 6.31. The van der Waals surface area contributed by atoms with Gasteiger partial charge in [-0.1, -0.05) is 11.6 Å². The zero-order valence-electron chi connectivity index (χ0n) is 9.89. The van der Waals surface area contributed by atoms with Crippen LogP contribution in [0, 0.1) is 0 Å². The highest BCUT2D eigenvalue weighted by Crippen LogP contribution is 2.24. The Bertz CT molecular complexity index is 529. The molecule has 0 atom stereocenters. The largest absolute Gasteiger partial charge is 0.497 e. The molecule has 0 amide bonds. The van der Waals surface area contributed by atoms with Crippen LogP contribution in [-0.4, -0.2) is 12.1 Å². The van der Waals surface area contributed by atoms with E-state index in [2.05, 4.69) is 4.98 Å². The Morgan fingerprint density at radius 2 is 1.78 bits per heavy atom. The van der Waals surface area contributed by atoms with Gasteiger partial charge in [-0.25, -0.2) is 4.98 Å². The zero-order chi connectivity index (χ0) is 13.0. The predicted molar refractivity (Wildman–Crippen MR) is 70.2 cm³/mol. The Morgan fingerprint density at radius 1 is 1.11 bits per heavy atom. The third-order valence-electron chi connectivity index (χ3n) is 2.37. The molecule has 4 nitrogen and oxygen atoms in total. The first kappa shape index (κ1) is 12.7. The van der Waals surface area contributed by atoms with Crippen molar-refractivity contribution in [2.75, 3.05) is 7.11 Å². The van der Waals surface area contributed by atoms with Crippen molar-refractivity contribution in [1.82, 2.24) is 4.98 Å². The van der Waals surface area contributed by atoms with Gasteiger partial charge in [-0.2, -0.15) is 0 Å². The maximum Gasteiger partial charge on any atom is 0.219 e. The minimum absolute atomic E-state index is 0.276. The molecule has 2 aromatic rings. The fourth-order valence-electron chi connectivity index (χ4n) is 1.43. The van der Waals surface area contributed by atoms with E-state index in [9.17, 15) is 0 Å². The van der Waals surface area contributed by atoms with Crippen molar-refractivity contribution < 1.29 is 9.47 Å². The smallest absolute Gasteiger partial charge is 0.219 e. The number of nitrogens with two attached hydrogens (primary N) is 1. The SMILES string of the molecule is COc1ccc(Oc2ccc(Cl)c(CN)n2)cc1. The van der Waals surface area contributed by atoms with E-state index in [0.29, 0.717) is 22.3 Å². The van der Waals surface area contributed by atoms with Gasteiger partial charge in [0.25, 0.3) is 0 Å². The van der Waals surface area contributed by atoms with Crippen molar-refractivity contribution in [3.8, 4) is 17.4 Å². The number of halogens is 1. The van der Waals surface area contributed by atoms with E-state index in [-0.39, 0.29) is 6.54 Å². The fourth-order valence-corrected chi connectivity index (χ4v) is 1.61. The third-order valence-corrected chi connectivity index (χ3v) is 2.71. The number of methoxy groups -OCH3 is 1. The zero-order valence-corrected chi connectivity index (χ0v) is 10.6. The number of aromatic nitrogens is 1. The summed E-state index contributed by atoms with van der Waals surface area (Å²) in [4.78, 5) is 4.22. The lowest BCUT2D eigenvalue weighted by Gasteiger charge is -2.07. The van der Waals surface area contributed by atoms with Gasteiger partial charge < -0.3 is 15.2 Å². The summed E-state index contributed by atoms with van der Waals surface area (Å²) in [7, 11) is 1.62. The van der Waals surface area contributed by atoms with Gasteiger partial charge in [-0.3, -0.25) is 0 Å². The van der Waals surface area contributed by atoms with Crippen LogP contribution in [0.2, 0.25) is 5.02 Å². The number of pyridine rings is 1. The predicted octanol–water partition coefficient (Wildman–Crippen LogP) is 2.99. The minimum Gasteiger partial charge on any atom is -0.497 e. The lowest BCUT2D eigenvalue weighted by atomic mass is 10.3. The number of rotatable bonds is 4. The van der Waals surface area contributed by atoms with Crippen molar-refractivity contribution in [1.29, 1.82) is 0 Å². The summed E-state index contributed by atoms with van der Waals surface area (Å²) in [5.41, 5.74) is 6.15. The van der Waals surface area contributed by atoms with Crippen molar-refractivity contribution in [2.24, 2.45) is 5.73 Å². The fraction of sp³-hybridized carbons (Fsp3) is 0.154. The molecule has 5 heteroatoms. The van der Waals surface area contributed by atoms with Crippen LogP contribution >= 0.6 is 11.6 Å². The lowest BCUT2D eigenvalue weighted by molar-refractivity contribution is 0.412. The summed E-state index contributed by atoms with van der Waals surface area (Å²) in [6, 6.07) is 10.7. The molecule has 0 aliphatic heterocycles. The molecule has 0 saturated carbocycles. The van der Waals surface area contributed by atoms with Crippen LogP contribution in [0.4, 0.5) is 0 Å². The molecule has 1 aromatic carbocycles. The summed E-state index contributed by atoms with van der Waals surface area (Å²) < 4.78 is 10.7. The molecule has 2 N–H and O–H groups in total. The molecule has 18 heavy (non-hydrogen) atoms. The molecule has 2 rings (SSSR count). The van der Waals surface area contributed by atoms with E-state index in [1.807, 2.05) is 12.1 Å². The van der Waals surface area contributed by atoms with Crippen LogP contribution in [0.1, 0.15) is 5.69 Å². The molecule has 0 unspecified atom stereocenters.